The van der Waals surface area contributed by atoms with E-state index in [1.54, 1.807) is 43.0 Å². The molecule has 2 atom stereocenters. The molecule has 0 saturated carbocycles. The number of aromatic nitrogens is 3. The lowest BCUT2D eigenvalue weighted by atomic mass is 9.82. The molecule has 39 heavy (non-hydrogen) atoms. The molecule has 0 unspecified atom stereocenters. The Morgan fingerprint density at radius 2 is 1.92 bits per heavy atom. The van der Waals surface area contributed by atoms with Crippen LogP contribution in [0.2, 0.25) is 0 Å². The first-order chi connectivity index (χ1) is 18.8. The van der Waals surface area contributed by atoms with Crippen molar-refractivity contribution >= 4 is 28.9 Å². The number of anilines is 2. The lowest BCUT2D eigenvalue weighted by Crippen LogP contribution is -2.43. The number of aryl methyl sites for hydroxylation is 1. The first-order valence-electron chi connectivity index (χ1n) is 13.1. The third kappa shape index (κ3) is 5.00. The quantitative estimate of drug-likeness (QED) is 0.412. The first-order valence-corrected chi connectivity index (χ1v) is 13.1. The summed E-state index contributed by atoms with van der Waals surface area (Å²) in [5.74, 6) is -1.10. The van der Waals surface area contributed by atoms with Gasteiger partial charge in [-0.2, -0.15) is 5.10 Å². The molecular formula is C29H32N6O4. The molecule has 2 aromatic carbocycles. The standard InChI is InChI=1S/C29H32N6O4/c1-20(8-6-7-16-34-19-22(15-17-36)30-32-34)29(39)24-18-23(11-13-26(24)33(2)28(29)38)35-27(37)14-12-25(31-35)21-9-4-3-5-10-21/h3-6,8-11,13,18-20,36,39H,7,12,14-17H2,1-2H3/b8-6+/t20-,29+/m0/s1. The van der Waals surface area contributed by atoms with Crippen LogP contribution in [-0.4, -0.2) is 56.4 Å². The summed E-state index contributed by atoms with van der Waals surface area (Å²) in [6, 6.07) is 15.0. The predicted molar refractivity (Wildman–Crippen MR) is 147 cm³/mol. The molecule has 1 aromatic heterocycles. The molecule has 2 aliphatic heterocycles. The van der Waals surface area contributed by atoms with Gasteiger partial charge < -0.3 is 15.1 Å². The number of likely N-dealkylation sites (N-methyl/N-ethyl adjacent to an activating group) is 1. The molecule has 5 rings (SSSR count). The van der Waals surface area contributed by atoms with Gasteiger partial charge in [0, 0.05) is 57.1 Å². The highest BCUT2D eigenvalue weighted by atomic mass is 16.3. The molecule has 0 aliphatic carbocycles. The zero-order chi connectivity index (χ0) is 27.6. The molecule has 3 heterocycles. The van der Waals surface area contributed by atoms with Crippen molar-refractivity contribution in [1.82, 2.24) is 15.0 Å². The van der Waals surface area contributed by atoms with E-state index in [1.165, 1.54) is 9.91 Å². The molecule has 2 amide bonds. The molecule has 3 aromatic rings. The zero-order valence-electron chi connectivity index (χ0n) is 22.1. The van der Waals surface area contributed by atoms with E-state index in [9.17, 15) is 14.7 Å². The normalized spacial score (nSPS) is 20.1. The van der Waals surface area contributed by atoms with Crippen LogP contribution in [0.3, 0.4) is 0 Å². The molecular weight excluding hydrogens is 496 g/mol. The van der Waals surface area contributed by atoms with E-state index in [2.05, 4.69) is 15.4 Å². The van der Waals surface area contributed by atoms with Crippen molar-refractivity contribution in [3.05, 3.63) is 83.7 Å². The number of rotatable bonds is 9. The van der Waals surface area contributed by atoms with Crippen LogP contribution in [0.1, 0.15) is 43.0 Å². The van der Waals surface area contributed by atoms with Gasteiger partial charge in [0.2, 0.25) is 5.91 Å². The molecule has 10 heteroatoms. The Labute approximate surface area is 226 Å². The first kappa shape index (κ1) is 26.5. The summed E-state index contributed by atoms with van der Waals surface area (Å²) in [5, 5.41) is 34.9. The highest BCUT2D eigenvalue weighted by Crippen LogP contribution is 2.46. The number of hydrazone groups is 1. The van der Waals surface area contributed by atoms with Crippen LogP contribution < -0.4 is 9.91 Å². The second-order valence-electron chi connectivity index (χ2n) is 9.90. The van der Waals surface area contributed by atoms with Crippen LogP contribution in [0, 0.1) is 5.92 Å². The van der Waals surface area contributed by atoms with Gasteiger partial charge in [-0.15, -0.1) is 5.10 Å². The summed E-state index contributed by atoms with van der Waals surface area (Å²) in [5.41, 5.74) is 2.26. The van der Waals surface area contributed by atoms with Crippen LogP contribution in [0.15, 0.2) is 72.0 Å². The topological polar surface area (TPSA) is 124 Å². The van der Waals surface area contributed by atoms with E-state index >= 15 is 0 Å². The van der Waals surface area contributed by atoms with E-state index in [-0.39, 0.29) is 12.5 Å². The van der Waals surface area contributed by atoms with E-state index in [0.29, 0.717) is 49.2 Å². The largest absolute Gasteiger partial charge is 0.396 e. The van der Waals surface area contributed by atoms with Gasteiger partial charge in [0.15, 0.2) is 5.60 Å². The van der Waals surface area contributed by atoms with Crippen molar-refractivity contribution in [1.29, 1.82) is 0 Å². The number of hydrogen-bond donors (Lipinski definition) is 2. The molecule has 0 radical (unpaired) electrons. The lowest BCUT2D eigenvalue weighted by Gasteiger charge is -2.28. The van der Waals surface area contributed by atoms with Gasteiger partial charge in [-0.25, -0.2) is 5.01 Å². The van der Waals surface area contributed by atoms with Gasteiger partial charge in [0.25, 0.3) is 5.91 Å². The highest BCUT2D eigenvalue weighted by molar-refractivity contribution is 6.10. The number of carbonyl (C=O) groups excluding carboxylic acids is 2. The van der Waals surface area contributed by atoms with Crippen molar-refractivity contribution in [3.63, 3.8) is 0 Å². The zero-order valence-corrected chi connectivity index (χ0v) is 22.1. The average molecular weight is 529 g/mol. The second-order valence-corrected chi connectivity index (χ2v) is 9.90. The van der Waals surface area contributed by atoms with Gasteiger partial charge >= 0.3 is 0 Å². The predicted octanol–water partition coefficient (Wildman–Crippen LogP) is 2.79. The van der Waals surface area contributed by atoms with Crippen LogP contribution >= 0.6 is 0 Å². The number of hydrogen-bond acceptors (Lipinski definition) is 7. The van der Waals surface area contributed by atoms with E-state index in [1.807, 2.05) is 42.5 Å². The Balaban J connectivity index is 1.38. The van der Waals surface area contributed by atoms with Crippen molar-refractivity contribution in [2.45, 2.75) is 44.8 Å². The van der Waals surface area contributed by atoms with Gasteiger partial charge in [-0.3, -0.25) is 14.3 Å². The summed E-state index contributed by atoms with van der Waals surface area (Å²) in [4.78, 5) is 27.6. The number of carbonyl (C=O) groups is 2. The number of allylic oxidation sites excluding steroid dienone is 1. The number of nitrogens with zero attached hydrogens (tertiary/aromatic N) is 6. The fraction of sp³-hybridized carbons (Fsp3) is 0.345. The molecule has 2 N–H and O–H groups in total. The summed E-state index contributed by atoms with van der Waals surface area (Å²) < 4.78 is 1.70. The Morgan fingerprint density at radius 1 is 1.13 bits per heavy atom. The fourth-order valence-electron chi connectivity index (χ4n) is 5.09. The monoisotopic (exact) mass is 528 g/mol. The third-order valence-corrected chi connectivity index (χ3v) is 7.33. The number of aliphatic hydroxyl groups excluding tert-OH is 1. The van der Waals surface area contributed by atoms with Gasteiger partial charge in [-0.1, -0.05) is 54.6 Å². The Hall–Kier alpha value is -4.15. The summed E-state index contributed by atoms with van der Waals surface area (Å²) in [6.45, 7) is 2.40. The van der Waals surface area contributed by atoms with Gasteiger partial charge in [0.1, 0.15) is 0 Å². The van der Waals surface area contributed by atoms with Gasteiger partial charge in [-0.05, 0) is 30.2 Å². The number of aliphatic hydroxyl groups is 2. The fourth-order valence-corrected chi connectivity index (χ4v) is 5.09. The van der Waals surface area contributed by atoms with E-state index in [4.69, 9.17) is 5.11 Å². The SMILES string of the molecule is C[C@@H](/C=C/CCn1cc(CCO)nn1)[C@]1(O)C(=O)N(C)c2ccc(N3N=C(c4ccccc4)CCC3=O)cc21. The number of amides is 2. The summed E-state index contributed by atoms with van der Waals surface area (Å²) in [6.07, 6.45) is 7.49. The van der Waals surface area contributed by atoms with Crippen LogP contribution in [0.5, 0.6) is 0 Å². The summed E-state index contributed by atoms with van der Waals surface area (Å²) >= 11 is 0. The van der Waals surface area contributed by atoms with Crippen LogP contribution in [0.25, 0.3) is 0 Å². The summed E-state index contributed by atoms with van der Waals surface area (Å²) in [7, 11) is 1.64. The smallest absolute Gasteiger partial charge is 0.264 e. The number of fused-ring (bicyclic) bond motifs is 1. The highest BCUT2D eigenvalue weighted by Gasteiger charge is 2.51. The Bertz CT molecular complexity index is 1430. The second kappa shape index (κ2) is 10.9. The minimum Gasteiger partial charge on any atom is -0.396 e. The maximum absolute atomic E-state index is 13.3. The average Bonchev–Trinajstić information content (AvgIpc) is 3.48. The molecule has 202 valence electrons. The molecule has 0 bridgehead atoms. The van der Waals surface area contributed by atoms with E-state index < -0.39 is 17.4 Å². The maximum Gasteiger partial charge on any atom is 0.264 e. The minimum absolute atomic E-state index is 0.0207. The van der Waals surface area contributed by atoms with Crippen molar-refractivity contribution in [3.8, 4) is 0 Å². The Kier molecular flexibility index (Phi) is 7.40. The maximum atomic E-state index is 13.3. The van der Waals surface area contributed by atoms with Crippen LogP contribution in [0.4, 0.5) is 11.4 Å². The van der Waals surface area contributed by atoms with Crippen LogP contribution in [-0.2, 0) is 28.2 Å². The van der Waals surface area contributed by atoms with Crippen molar-refractivity contribution < 1.29 is 19.8 Å². The molecule has 0 saturated heterocycles. The number of benzene rings is 2. The van der Waals surface area contributed by atoms with Crippen molar-refractivity contribution in [2.75, 3.05) is 23.6 Å². The minimum atomic E-state index is -1.79. The van der Waals surface area contributed by atoms with Gasteiger partial charge in [0.05, 0.1) is 22.8 Å². The van der Waals surface area contributed by atoms with Crippen molar-refractivity contribution in [2.24, 2.45) is 11.0 Å². The van der Waals surface area contributed by atoms with E-state index in [0.717, 1.165) is 17.0 Å². The molecule has 10 nitrogen and oxygen atoms in total. The lowest BCUT2D eigenvalue weighted by molar-refractivity contribution is -0.139. The molecule has 0 spiro atoms. The molecule has 2 aliphatic rings. The Morgan fingerprint density at radius 3 is 2.69 bits per heavy atom. The third-order valence-electron chi connectivity index (χ3n) is 7.33. The molecule has 0 fully saturated rings.